The lowest BCUT2D eigenvalue weighted by atomic mass is 10.2. The third-order valence-corrected chi connectivity index (χ3v) is 3.70. The molecule has 0 fully saturated rings. The third kappa shape index (κ3) is 5.71. The Balaban J connectivity index is 2.78. The van der Waals surface area contributed by atoms with E-state index in [1.54, 1.807) is 38.8 Å². The van der Waals surface area contributed by atoms with Gasteiger partial charge >= 0.3 is 5.97 Å². The summed E-state index contributed by atoms with van der Waals surface area (Å²) in [5, 5.41) is 0. The summed E-state index contributed by atoms with van der Waals surface area (Å²) >= 11 is 0. The number of nitrogens with zero attached hydrogens (tertiary/aromatic N) is 2. The summed E-state index contributed by atoms with van der Waals surface area (Å²) < 4.78 is 28.7. The fourth-order valence-corrected chi connectivity index (χ4v) is 2.58. The molecular formula is C14H22N2O4S. The Morgan fingerprint density at radius 2 is 2.00 bits per heavy atom. The largest absolute Gasteiger partial charge is 0.460 e. The SMILES string of the molecule is CN(CCC(=O)OC(C)(C)C)c1ncccc1S(C)(=O)=O. The molecule has 0 unspecified atom stereocenters. The Labute approximate surface area is 126 Å². The van der Waals surface area contributed by atoms with Crippen molar-refractivity contribution >= 4 is 21.6 Å². The fourth-order valence-electron chi connectivity index (χ4n) is 1.72. The maximum atomic E-state index is 11.7. The Morgan fingerprint density at radius 3 is 2.52 bits per heavy atom. The van der Waals surface area contributed by atoms with Crippen LogP contribution < -0.4 is 4.90 Å². The number of rotatable bonds is 5. The summed E-state index contributed by atoms with van der Waals surface area (Å²) in [5.41, 5.74) is -0.529. The first-order valence-corrected chi connectivity index (χ1v) is 8.48. The predicted molar refractivity (Wildman–Crippen MR) is 81.1 cm³/mol. The van der Waals surface area contributed by atoms with Crippen LogP contribution in [0.25, 0.3) is 0 Å². The molecule has 1 heterocycles. The maximum Gasteiger partial charge on any atom is 0.308 e. The zero-order valence-electron chi connectivity index (χ0n) is 13.1. The third-order valence-electron chi connectivity index (χ3n) is 2.58. The van der Waals surface area contributed by atoms with Crippen LogP contribution in [0.4, 0.5) is 5.82 Å². The number of aromatic nitrogens is 1. The molecule has 1 aromatic rings. The highest BCUT2D eigenvalue weighted by Crippen LogP contribution is 2.21. The summed E-state index contributed by atoms with van der Waals surface area (Å²) in [5.74, 6) is 0.00902. The minimum absolute atomic E-state index is 0.150. The van der Waals surface area contributed by atoms with E-state index in [-0.39, 0.29) is 17.3 Å². The molecule has 118 valence electrons. The van der Waals surface area contributed by atoms with Gasteiger partial charge in [-0.3, -0.25) is 4.79 Å². The van der Waals surface area contributed by atoms with E-state index in [1.807, 2.05) is 0 Å². The average molecular weight is 314 g/mol. The van der Waals surface area contributed by atoms with Crippen LogP contribution in [0.1, 0.15) is 27.2 Å². The number of anilines is 1. The number of hydrogen-bond acceptors (Lipinski definition) is 6. The maximum absolute atomic E-state index is 11.7. The van der Waals surface area contributed by atoms with E-state index < -0.39 is 15.4 Å². The Morgan fingerprint density at radius 1 is 1.38 bits per heavy atom. The molecule has 0 aliphatic rings. The van der Waals surface area contributed by atoms with Gasteiger partial charge in [0.05, 0.1) is 6.42 Å². The minimum Gasteiger partial charge on any atom is -0.460 e. The minimum atomic E-state index is -3.37. The smallest absolute Gasteiger partial charge is 0.308 e. The van der Waals surface area contributed by atoms with Gasteiger partial charge in [-0.25, -0.2) is 13.4 Å². The second kappa shape index (κ2) is 6.43. The van der Waals surface area contributed by atoms with E-state index in [4.69, 9.17) is 4.74 Å². The number of ether oxygens (including phenoxy) is 1. The Kier molecular flexibility index (Phi) is 5.33. The van der Waals surface area contributed by atoms with Crippen molar-refractivity contribution in [2.75, 3.05) is 24.7 Å². The van der Waals surface area contributed by atoms with Crippen LogP contribution in [0.5, 0.6) is 0 Å². The predicted octanol–water partition coefficient (Wildman–Crippen LogP) is 1.65. The summed E-state index contributed by atoms with van der Waals surface area (Å²) in [7, 11) is -1.67. The molecule has 0 aromatic carbocycles. The average Bonchev–Trinajstić information content (AvgIpc) is 2.33. The standard InChI is InChI=1S/C14H22N2O4S/c1-14(2,3)20-12(17)8-10-16(4)13-11(21(5,18)19)7-6-9-15-13/h6-7,9H,8,10H2,1-5H3. The van der Waals surface area contributed by atoms with Crippen LogP contribution in [0, 0.1) is 0 Å². The molecule has 0 atom stereocenters. The van der Waals surface area contributed by atoms with E-state index in [1.165, 1.54) is 12.3 Å². The Bertz CT molecular complexity index is 606. The molecule has 7 heteroatoms. The van der Waals surface area contributed by atoms with E-state index in [0.29, 0.717) is 12.4 Å². The van der Waals surface area contributed by atoms with Crippen molar-refractivity contribution in [3.8, 4) is 0 Å². The molecule has 21 heavy (non-hydrogen) atoms. The van der Waals surface area contributed by atoms with Gasteiger partial charge in [-0.1, -0.05) is 0 Å². The molecule has 0 bridgehead atoms. The van der Waals surface area contributed by atoms with Crippen LogP contribution in [0.15, 0.2) is 23.2 Å². The Hall–Kier alpha value is -1.63. The van der Waals surface area contributed by atoms with E-state index in [2.05, 4.69) is 4.98 Å². The second-order valence-electron chi connectivity index (χ2n) is 5.86. The van der Waals surface area contributed by atoms with Crippen LogP contribution in [-0.2, 0) is 19.4 Å². The first kappa shape index (κ1) is 17.4. The number of pyridine rings is 1. The molecule has 0 aliphatic carbocycles. The summed E-state index contributed by atoms with van der Waals surface area (Å²) in [4.78, 5) is 17.6. The van der Waals surface area contributed by atoms with Crippen molar-refractivity contribution < 1.29 is 17.9 Å². The molecule has 0 spiro atoms. The van der Waals surface area contributed by atoms with Gasteiger partial charge in [0, 0.05) is 26.0 Å². The van der Waals surface area contributed by atoms with Gasteiger partial charge in [0.15, 0.2) is 9.84 Å². The normalized spacial score (nSPS) is 12.0. The quantitative estimate of drug-likeness (QED) is 0.769. The number of esters is 1. The van der Waals surface area contributed by atoms with E-state index >= 15 is 0 Å². The van der Waals surface area contributed by atoms with Gasteiger partial charge in [0.25, 0.3) is 0 Å². The van der Waals surface area contributed by atoms with Crippen LogP contribution in [-0.4, -0.2) is 44.8 Å². The van der Waals surface area contributed by atoms with E-state index in [9.17, 15) is 13.2 Å². The summed E-state index contributed by atoms with van der Waals surface area (Å²) in [6, 6.07) is 3.07. The lowest BCUT2D eigenvalue weighted by Crippen LogP contribution is -2.28. The lowest BCUT2D eigenvalue weighted by molar-refractivity contribution is -0.154. The zero-order valence-corrected chi connectivity index (χ0v) is 13.9. The van der Waals surface area contributed by atoms with Crippen molar-refractivity contribution in [3.63, 3.8) is 0 Å². The molecule has 0 saturated heterocycles. The molecule has 0 amide bonds. The van der Waals surface area contributed by atoms with Gasteiger partial charge in [-0.05, 0) is 32.9 Å². The van der Waals surface area contributed by atoms with Gasteiger partial charge in [-0.2, -0.15) is 0 Å². The number of hydrogen-bond donors (Lipinski definition) is 0. The highest BCUT2D eigenvalue weighted by Gasteiger charge is 2.19. The van der Waals surface area contributed by atoms with Gasteiger partial charge < -0.3 is 9.64 Å². The van der Waals surface area contributed by atoms with Crippen molar-refractivity contribution in [3.05, 3.63) is 18.3 Å². The molecule has 1 aromatic heterocycles. The molecule has 0 aliphatic heterocycles. The highest BCUT2D eigenvalue weighted by molar-refractivity contribution is 7.90. The van der Waals surface area contributed by atoms with Crippen LogP contribution in [0.3, 0.4) is 0 Å². The second-order valence-corrected chi connectivity index (χ2v) is 7.84. The number of carbonyl (C=O) groups is 1. The van der Waals surface area contributed by atoms with Crippen molar-refractivity contribution in [1.82, 2.24) is 4.98 Å². The van der Waals surface area contributed by atoms with Crippen LogP contribution >= 0.6 is 0 Å². The van der Waals surface area contributed by atoms with Gasteiger partial charge in [0.1, 0.15) is 16.3 Å². The van der Waals surface area contributed by atoms with E-state index in [0.717, 1.165) is 6.26 Å². The number of sulfone groups is 1. The first-order valence-electron chi connectivity index (χ1n) is 6.59. The van der Waals surface area contributed by atoms with Crippen molar-refractivity contribution in [2.45, 2.75) is 37.7 Å². The first-order chi connectivity index (χ1) is 9.50. The van der Waals surface area contributed by atoms with Crippen molar-refractivity contribution in [1.29, 1.82) is 0 Å². The molecular weight excluding hydrogens is 292 g/mol. The monoisotopic (exact) mass is 314 g/mol. The molecule has 0 saturated carbocycles. The van der Waals surface area contributed by atoms with Gasteiger partial charge in [0.2, 0.25) is 0 Å². The zero-order chi connectivity index (χ0) is 16.3. The lowest BCUT2D eigenvalue weighted by Gasteiger charge is -2.22. The molecule has 1 rings (SSSR count). The summed E-state index contributed by atoms with van der Waals surface area (Å²) in [6.07, 6.45) is 2.82. The van der Waals surface area contributed by atoms with Crippen molar-refractivity contribution in [2.24, 2.45) is 0 Å². The van der Waals surface area contributed by atoms with Gasteiger partial charge in [-0.15, -0.1) is 0 Å². The van der Waals surface area contributed by atoms with Crippen LogP contribution in [0.2, 0.25) is 0 Å². The number of carbonyl (C=O) groups excluding carboxylic acids is 1. The molecule has 0 radical (unpaired) electrons. The molecule has 6 nitrogen and oxygen atoms in total. The molecule has 0 N–H and O–H groups in total. The highest BCUT2D eigenvalue weighted by atomic mass is 32.2. The topological polar surface area (TPSA) is 76.6 Å². The summed E-state index contributed by atoms with van der Waals surface area (Å²) in [6.45, 7) is 5.73. The fraction of sp³-hybridized carbons (Fsp3) is 0.571.